The van der Waals surface area contributed by atoms with Crippen LogP contribution < -0.4 is 10.0 Å². The number of hydrogen-bond acceptors (Lipinski definition) is 3. The molecule has 0 radical (unpaired) electrons. The van der Waals surface area contributed by atoms with E-state index in [1.807, 2.05) is 19.1 Å². The van der Waals surface area contributed by atoms with Gasteiger partial charge in [0.05, 0.1) is 11.4 Å². The average Bonchev–Trinajstić information content (AvgIpc) is 3.18. The minimum atomic E-state index is -3.27. The maximum Gasteiger partial charge on any atom is 0.232 e. The highest BCUT2D eigenvalue weighted by molar-refractivity contribution is 9.10. The summed E-state index contributed by atoms with van der Waals surface area (Å²) in [7, 11) is -3.27. The summed E-state index contributed by atoms with van der Waals surface area (Å²) >= 11 is 3.41. The van der Waals surface area contributed by atoms with Crippen molar-refractivity contribution in [1.29, 1.82) is 0 Å². The molecule has 1 fully saturated rings. The van der Waals surface area contributed by atoms with Crippen molar-refractivity contribution in [2.45, 2.75) is 38.6 Å². The number of rotatable bonds is 8. The molecule has 0 saturated heterocycles. The number of halogens is 1. The fourth-order valence-electron chi connectivity index (χ4n) is 1.96. The maximum atomic E-state index is 12.0. The molecule has 1 aliphatic carbocycles. The Morgan fingerprint density at radius 1 is 1.30 bits per heavy atom. The quantitative estimate of drug-likeness (QED) is 0.700. The van der Waals surface area contributed by atoms with Gasteiger partial charge in [-0.2, -0.15) is 0 Å². The van der Waals surface area contributed by atoms with Gasteiger partial charge in [0.25, 0.3) is 0 Å². The Bertz CT molecular complexity index is 556. The molecule has 2 N–H and O–H groups in total. The Balaban J connectivity index is 1.78. The molecule has 1 aliphatic rings. The van der Waals surface area contributed by atoms with Crippen molar-refractivity contribution in [2.75, 3.05) is 17.0 Å². The van der Waals surface area contributed by atoms with Crippen molar-refractivity contribution in [3.63, 3.8) is 0 Å². The molecule has 2 rings (SSSR count). The number of nitrogens with one attached hydrogen (secondary N) is 2. The fraction of sp³-hybridized carbons (Fsp3) is 0.571. The Kier molecular flexibility index (Phi) is 5.46. The topological polar surface area (TPSA) is 58.2 Å². The molecular formula is C14H21BrN2O2S. The van der Waals surface area contributed by atoms with Crippen LogP contribution in [0.2, 0.25) is 0 Å². The third-order valence-corrected chi connectivity index (χ3v) is 5.72. The van der Waals surface area contributed by atoms with Gasteiger partial charge in [0.15, 0.2) is 0 Å². The molecule has 20 heavy (non-hydrogen) atoms. The van der Waals surface area contributed by atoms with Crippen LogP contribution >= 0.6 is 15.9 Å². The number of benzene rings is 1. The van der Waals surface area contributed by atoms with E-state index in [2.05, 4.69) is 26.0 Å². The van der Waals surface area contributed by atoms with Crippen molar-refractivity contribution in [1.82, 2.24) is 5.32 Å². The largest absolute Gasteiger partial charge is 0.314 e. The van der Waals surface area contributed by atoms with Crippen molar-refractivity contribution >= 4 is 31.6 Å². The minimum Gasteiger partial charge on any atom is -0.314 e. The number of hydrogen-bond donors (Lipinski definition) is 2. The van der Waals surface area contributed by atoms with E-state index in [9.17, 15) is 8.42 Å². The molecule has 1 aromatic rings. The normalized spacial score (nSPS) is 15.3. The van der Waals surface area contributed by atoms with Crippen LogP contribution in [0, 0.1) is 6.92 Å². The molecule has 0 aromatic heterocycles. The summed E-state index contributed by atoms with van der Waals surface area (Å²) < 4.78 is 27.5. The van der Waals surface area contributed by atoms with Gasteiger partial charge in [0, 0.05) is 10.5 Å². The van der Waals surface area contributed by atoms with E-state index in [-0.39, 0.29) is 5.75 Å². The highest BCUT2D eigenvalue weighted by atomic mass is 79.9. The zero-order valence-electron chi connectivity index (χ0n) is 11.7. The fourth-order valence-corrected chi connectivity index (χ4v) is 3.64. The Labute approximate surface area is 129 Å². The third-order valence-electron chi connectivity index (χ3n) is 3.31. The van der Waals surface area contributed by atoms with E-state index in [0.717, 1.165) is 23.0 Å². The molecule has 0 atom stereocenters. The number of aryl methyl sites for hydroxylation is 1. The lowest BCUT2D eigenvalue weighted by molar-refractivity contribution is 0.591. The van der Waals surface area contributed by atoms with Crippen LogP contribution in [0.4, 0.5) is 5.69 Å². The minimum absolute atomic E-state index is 0.166. The van der Waals surface area contributed by atoms with Crippen molar-refractivity contribution in [3.05, 3.63) is 28.2 Å². The first kappa shape index (κ1) is 15.8. The summed E-state index contributed by atoms with van der Waals surface area (Å²) in [6.07, 6.45) is 4.10. The van der Waals surface area contributed by atoms with Crippen LogP contribution in [0.1, 0.15) is 31.2 Å². The van der Waals surface area contributed by atoms with E-state index in [4.69, 9.17) is 0 Å². The van der Waals surface area contributed by atoms with Gasteiger partial charge < -0.3 is 5.32 Å². The summed E-state index contributed by atoms with van der Waals surface area (Å²) in [5.74, 6) is 0.166. The summed E-state index contributed by atoms with van der Waals surface area (Å²) in [5.41, 5.74) is 1.62. The first-order chi connectivity index (χ1) is 9.48. The highest BCUT2D eigenvalue weighted by Gasteiger charge is 2.19. The molecule has 0 bridgehead atoms. The maximum absolute atomic E-state index is 12.0. The molecular weight excluding hydrogens is 340 g/mol. The van der Waals surface area contributed by atoms with Gasteiger partial charge in [-0.3, -0.25) is 4.72 Å². The second-order valence-corrected chi connectivity index (χ2v) is 7.93. The van der Waals surface area contributed by atoms with Gasteiger partial charge >= 0.3 is 0 Å². The summed E-state index contributed by atoms with van der Waals surface area (Å²) in [6, 6.07) is 6.24. The molecule has 0 aliphatic heterocycles. The highest BCUT2D eigenvalue weighted by Crippen LogP contribution is 2.26. The first-order valence-corrected chi connectivity index (χ1v) is 9.41. The summed E-state index contributed by atoms with van der Waals surface area (Å²) in [5, 5.41) is 3.39. The molecule has 4 nitrogen and oxygen atoms in total. The Morgan fingerprint density at radius 3 is 2.75 bits per heavy atom. The SMILES string of the molecule is Cc1cccc(NS(=O)(=O)CCCCNC2CC2)c1Br. The van der Waals surface area contributed by atoms with E-state index < -0.39 is 10.0 Å². The zero-order valence-corrected chi connectivity index (χ0v) is 14.1. The van der Waals surface area contributed by atoms with Crippen molar-refractivity contribution in [2.24, 2.45) is 0 Å². The molecule has 0 spiro atoms. The monoisotopic (exact) mass is 360 g/mol. The number of unbranched alkanes of at least 4 members (excludes halogenated alkanes) is 1. The molecule has 6 heteroatoms. The van der Waals surface area contributed by atoms with E-state index >= 15 is 0 Å². The third kappa shape index (κ3) is 5.07. The van der Waals surface area contributed by atoms with Gasteiger partial charge in [-0.05, 0) is 66.7 Å². The van der Waals surface area contributed by atoms with E-state index in [1.54, 1.807) is 6.07 Å². The van der Waals surface area contributed by atoms with Gasteiger partial charge in [-0.1, -0.05) is 12.1 Å². The van der Waals surface area contributed by atoms with Crippen LogP contribution in [0.3, 0.4) is 0 Å². The van der Waals surface area contributed by atoms with E-state index in [0.29, 0.717) is 18.2 Å². The lowest BCUT2D eigenvalue weighted by atomic mass is 10.2. The predicted octanol–water partition coefficient (Wildman–Crippen LogP) is 3.03. The second-order valence-electron chi connectivity index (χ2n) is 5.29. The van der Waals surface area contributed by atoms with Gasteiger partial charge in [0.2, 0.25) is 10.0 Å². The molecule has 1 saturated carbocycles. The lowest BCUT2D eigenvalue weighted by Crippen LogP contribution is -2.20. The van der Waals surface area contributed by atoms with Crippen LogP contribution in [-0.2, 0) is 10.0 Å². The Hall–Kier alpha value is -0.590. The summed E-state index contributed by atoms with van der Waals surface area (Å²) in [4.78, 5) is 0. The zero-order chi connectivity index (χ0) is 14.6. The van der Waals surface area contributed by atoms with Crippen molar-refractivity contribution in [3.8, 4) is 0 Å². The lowest BCUT2D eigenvalue weighted by Gasteiger charge is -2.11. The second kappa shape index (κ2) is 6.91. The molecule has 112 valence electrons. The van der Waals surface area contributed by atoms with Crippen LogP contribution in [0.25, 0.3) is 0 Å². The number of anilines is 1. The van der Waals surface area contributed by atoms with Gasteiger partial charge in [-0.15, -0.1) is 0 Å². The first-order valence-electron chi connectivity index (χ1n) is 6.97. The van der Waals surface area contributed by atoms with Gasteiger partial charge in [-0.25, -0.2) is 8.42 Å². The molecule has 0 unspecified atom stereocenters. The van der Waals surface area contributed by atoms with Crippen molar-refractivity contribution < 1.29 is 8.42 Å². The Morgan fingerprint density at radius 2 is 2.05 bits per heavy atom. The average molecular weight is 361 g/mol. The number of sulfonamides is 1. The smallest absolute Gasteiger partial charge is 0.232 e. The van der Waals surface area contributed by atoms with Crippen LogP contribution in [0.5, 0.6) is 0 Å². The predicted molar refractivity (Wildman–Crippen MR) is 86.5 cm³/mol. The standard InChI is InChI=1S/C14H21BrN2O2S/c1-11-5-4-6-13(14(11)15)17-20(18,19)10-3-2-9-16-12-7-8-12/h4-6,12,16-17H,2-3,7-10H2,1H3. The summed E-state index contributed by atoms with van der Waals surface area (Å²) in [6.45, 7) is 2.85. The molecule has 0 heterocycles. The van der Waals surface area contributed by atoms with Crippen LogP contribution in [0.15, 0.2) is 22.7 Å². The molecule has 1 aromatic carbocycles. The molecule has 0 amide bonds. The van der Waals surface area contributed by atoms with Gasteiger partial charge in [0.1, 0.15) is 0 Å². The van der Waals surface area contributed by atoms with E-state index in [1.165, 1.54) is 12.8 Å². The van der Waals surface area contributed by atoms with Crippen LogP contribution in [-0.4, -0.2) is 26.8 Å².